The van der Waals surface area contributed by atoms with E-state index < -0.39 is 22.8 Å². The molecule has 0 saturated carbocycles. The highest BCUT2D eigenvalue weighted by Gasteiger charge is 2.26. The van der Waals surface area contributed by atoms with E-state index in [1.807, 2.05) is 4.90 Å². The Hall–Kier alpha value is -3.30. The fourth-order valence-electron chi connectivity index (χ4n) is 3.76. The van der Waals surface area contributed by atoms with Gasteiger partial charge in [-0.1, -0.05) is 0 Å². The number of halogens is 2. The largest absolute Gasteiger partial charge is 0.508 e. The molecule has 2 aromatic carbocycles. The number of benzene rings is 2. The molecule has 3 N–H and O–H groups in total. The van der Waals surface area contributed by atoms with E-state index in [4.69, 9.17) is 4.74 Å². The number of fused-ring (bicyclic) bond motifs is 1. The van der Waals surface area contributed by atoms with E-state index in [0.717, 1.165) is 6.07 Å². The van der Waals surface area contributed by atoms with E-state index in [-0.39, 0.29) is 40.5 Å². The van der Waals surface area contributed by atoms with Crippen molar-refractivity contribution < 1.29 is 24.1 Å². The van der Waals surface area contributed by atoms with Crippen LogP contribution in [0.15, 0.2) is 41.3 Å². The Morgan fingerprint density at radius 1 is 1.19 bits per heavy atom. The Morgan fingerprint density at radius 2 is 1.84 bits per heavy atom. The number of carbonyl (C=O) groups is 1. The maximum absolute atomic E-state index is 15.2. The maximum Gasteiger partial charge on any atom is 0.341 e. The van der Waals surface area contributed by atoms with Crippen LogP contribution in [0.5, 0.6) is 11.5 Å². The van der Waals surface area contributed by atoms with Crippen LogP contribution in [0.2, 0.25) is 0 Å². The Bertz CT molecular complexity index is 1190. The van der Waals surface area contributed by atoms with Crippen LogP contribution in [-0.2, 0) is 0 Å². The molecule has 0 unspecified atom stereocenters. The van der Waals surface area contributed by atoms with Crippen LogP contribution in [0.25, 0.3) is 16.6 Å². The Balaban J connectivity index is 0.00000272. The third kappa shape index (κ3) is 3.89. The summed E-state index contributed by atoms with van der Waals surface area (Å²) in [5, 5.41) is 22.2. The van der Waals surface area contributed by atoms with Crippen molar-refractivity contribution in [2.45, 2.75) is 0 Å². The zero-order chi connectivity index (χ0) is 21.4. The minimum absolute atomic E-state index is 0. The summed E-state index contributed by atoms with van der Waals surface area (Å²) >= 11 is 0. The third-order valence-electron chi connectivity index (χ3n) is 5.17. The summed E-state index contributed by atoms with van der Waals surface area (Å²) in [7, 11) is 1.39. The number of phenolic OH excluding ortho intramolecular Hbond substituents is 1. The number of nitrogens with one attached hydrogen (secondary N) is 1. The molecule has 0 radical (unpaired) electrons. The number of aromatic nitrogens is 1. The van der Waals surface area contributed by atoms with Gasteiger partial charge in [0.25, 0.3) is 0 Å². The molecule has 164 valence electrons. The number of aromatic carboxylic acids is 1. The number of nitrogens with zero attached hydrogens (tertiary/aromatic N) is 2. The fraction of sp³-hybridized carbons (Fsp3) is 0.238. The molecule has 2 heterocycles. The number of carboxylic acid groups (broad SMARTS) is 1. The minimum atomic E-state index is -1.42. The van der Waals surface area contributed by atoms with Crippen molar-refractivity contribution in [1.82, 2.24) is 9.88 Å². The van der Waals surface area contributed by atoms with E-state index in [1.165, 1.54) is 30.0 Å². The molecule has 8 nitrogen and oxygen atoms in total. The van der Waals surface area contributed by atoms with Crippen LogP contribution in [0.4, 0.5) is 10.1 Å². The first-order valence-corrected chi connectivity index (χ1v) is 9.36. The molecular weight excluding hydrogens is 429 g/mol. The van der Waals surface area contributed by atoms with Crippen LogP contribution < -0.4 is 20.4 Å². The van der Waals surface area contributed by atoms with Gasteiger partial charge in [0.2, 0.25) is 5.43 Å². The van der Waals surface area contributed by atoms with Gasteiger partial charge in [0.1, 0.15) is 22.5 Å². The average Bonchev–Trinajstić information content (AvgIpc) is 2.74. The molecule has 0 atom stereocenters. The second-order valence-corrected chi connectivity index (χ2v) is 6.94. The van der Waals surface area contributed by atoms with Gasteiger partial charge >= 0.3 is 5.97 Å². The second kappa shape index (κ2) is 8.83. The van der Waals surface area contributed by atoms with Gasteiger partial charge in [-0.2, -0.15) is 0 Å². The molecule has 1 fully saturated rings. The first-order valence-electron chi connectivity index (χ1n) is 9.36. The van der Waals surface area contributed by atoms with Gasteiger partial charge in [-0.05, 0) is 30.3 Å². The summed E-state index contributed by atoms with van der Waals surface area (Å²) in [5.41, 5.74) is -0.324. The number of anilines is 1. The molecular formula is C21H21ClFN3O5. The lowest BCUT2D eigenvalue weighted by molar-refractivity contribution is 0.0695. The zero-order valence-corrected chi connectivity index (χ0v) is 17.4. The smallest absolute Gasteiger partial charge is 0.341 e. The number of piperazine rings is 1. The van der Waals surface area contributed by atoms with Crippen molar-refractivity contribution in [2.24, 2.45) is 0 Å². The lowest BCUT2D eigenvalue weighted by Gasteiger charge is -2.31. The summed E-state index contributed by atoms with van der Waals surface area (Å²) in [6, 6.07) is 7.08. The lowest BCUT2D eigenvalue weighted by Crippen LogP contribution is -2.44. The lowest BCUT2D eigenvalue weighted by atomic mass is 10.1. The number of phenols is 1. The Kier molecular flexibility index (Phi) is 6.37. The van der Waals surface area contributed by atoms with E-state index in [1.54, 1.807) is 12.1 Å². The van der Waals surface area contributed by atoms with Gasteiger partial charge in [-0.3, -0.25) is 4.79 Å². The number of hydrogen-bond acceptors (Lipinski definition) is 6. The molecule has 1 aliphatic rings. The fourth-order valence-corrected chi connectivity index (χ4v) is 3.76. The van der Waals surface area contributed by atoms with E-state index >= 15 is 4.39 Å². The first-order chi connectivity index (χ1) is 14.4. The minimum Gasteiger partial charge on any atom is -0.508 e. The number of ether oxygens (including phenoxy) is 1. The molecule has 1 saturated heterocycles. The van der Waals surface area contributed by atoms with E-state index in [0.29, 0.717) is 31.9 Å². The number of methoxy groups -OCH3 is 1. The van der Waals surface area contributed by atoms with Crippen molar-refractivity contribution in [3.8, 4) is 17.2 Å². The predicted octanol–water partition coefficient (Wildman–Crippen LogP) is 2.37. The predicted molar refractivity (Wildman–Crippen MR) is 117 cm³/mol. The molecule has 0 aliphatic carbocycles. The normalized spacial score (nSPS) is 13.7. The van der Waals surface area contributed by atoms with Gasteiger partial charge in [-0.15, -0.1) is 12.4 Å². The van der Waals surface area contributed by atoms with Gasteiger partial charge in [0.05, 0.1) is 12.5 Å². The average molecular weight is 450 g/mol. The Labute approximate surface area is 182 Å². The summed E-state index contributed by atoms with van der Waals surface area (Å²) in [4.78, 5) is 26.3. The summed E-state index contributed by atoms with van der Waals surface area (Å²) in [6.45, 7) is 2.44. The highest BCUT2D eigenvalue weighted by Crippen LogP contribution is 2.39. The second-order valence-electron chi connectivity index (χ2n) is 6.94. The van der Waals surface area contributed by atoms with Crippen LogP contribution >= 0.6 is 12.4 Å². The number of hydrogen-bond donors (Lipinski definition) is 3. The molecule has 0 bridgehead atoms. The van der Waals surface area contributed by atoms with Gasteiger partial charge < -0.3 is 29.7 Å². The topological polar surface area (TPSA) is 104 Å². The van der Waals surface area contributed by atoms with Crippen molar-refractivity contribution >= 4 is 35.0 Å². The van der Waals surface area contributed by atoms with Crippen LogP contribution in [0, 0.1) is 5.82 Å². The van der Waals surface area contributed by atoms with E-state index in [9.17, 15) is 19.8 Å². The molecule has 1 aromatic heterocycles. The molecule has 31 heavy (non-hydrogen) atoms. The SMILES string of the molecule is COc1c(N2CCNCC2)c(F)cc2c(=O)c(C(=O)O)cn(-c3ccc(O)cc3)c12.Cl. The number of rotatable bonds is 4. The number of carboxylic acids is 1. The van der Waals surface area contributed by atoms with Gasteiger partial charge in [0, 0.05) is 38.1 Å². The van der Waals surface area contributed by atoms with Crippen molar-refractivity contribution in [1.29, 1.82) is 0 Å². The molecule has 1 aliphatic heterocycles. The monoisotopic (exact) mass is 449 g/mol. The Morgan fingerprint density at radius 3 is 2.42 bits per heavy atom. The number of pyridine rings is 1. The molecule has 10 heteroatoms. The summed E-state index contributed by atoms with van der Waals surface area (Å²) in [6.07, 6.45) is 1.20. The third-order valence-corrected chi connectivity index (χ3v) is 5.17. The van der Waals surface area contributed by atoms with Crippen molar-refractivity contribution in [2.75, 3.05) is 38.2 Å². The molecule has 0 spiro atoms. The zero-order valence-electron chi connectivity index (χ0n) is 16.6. The first kappa shape index (κ1) is 22.4. The highest BCUT2D eigenvalue weighted by atomic mass is 35.5. The van der Waals surface area contributed by atoms with Crippen LogP contribution in [0.3, 0.4) is 0 Å². The molecule has 0 amide bonds. The van der Waals surface area contributed by atoms with Crippen molar-refractivity contribution in [3.05, 3.63) is 58.1 Å². The summed E-state index contributed by atoms with van der Waals surface area (Å²) < 4.78 is 22.2. The van der Waals surface area contributed by atoms with E-state index in [2.05, 4.69) is 5.32 Å². The molecule has 3 aromatic rings. The van der Waals surface area contributed by atoms with Crippen molar-refractivity contribution in [3.63, 3.8) is 0 Å². The number of aromatic hydroxyl groups is 1. The van der Waals surface area contributed by atoms with Gasteiger partial charge in [-0.25, -0.2) is 9.18 Å². The highest BCUT2D eigenvalue weighted by molar-refractivity contribution is 5.97. The quantitative estimate of drug-likeness (QED) is 0.561. The van der Waals surface area contributed by atoms with Crippen LogP contribution in [-0.4, -0.2) is 54.0 Å². The van der Waals surface area contributed by atoms with Gasteiger partial charge in [0.15, 0.2) is 11.6 Å². The molecule has 4 rings (SSSR count). The van der Waals surface area contributed by atoms with Crippen LogP contribution in [0.1, 0.15) is 10.4 Å². The maximum atomic E-state index is 15.2. The standard InChI is InChI=1S/C21H20FN3O5.ClH/c1-30-20-17-14(10-16(22)18(20)24-8-6-23-7-9-24)19(27)15(21(28)29)11-25(17)12-2-4-13(26)5-3-12;/h2-5,10-11,23,26H,6-9H2,1H3,(H,28,29);1H. The summed E-state index contributed by atoms with van der Waals surface area (Å²) in [5.74, 6) is -1.89.